The van der Waals surface area contributed by atoms with E-state index in [-0.39, 0.29) is 47.1 Å². The summed E-state index contributed by atoms with van der Waals surface area (Å²) in [5.74, 6) is -0.556. The molecular weight excluding hydrogens is 499 g/mol. The molecule has 39 heavy (non-hydrogen) atoms. The van der Waals surface area contributed by atoms with E-state index in [4.69, 9.17) is 0 Å². The molecule has 0 spiro atoms. The van der Waals surface area contributed by atoms with E-state index in [0.717, 1.165) is 17.5 Å². The van der Waals surface area contributed by atoms with Crippen molar-refractivity contribution >= 4 is 28.5 Å². The molecule has 0 unspecified atom stereocenters. The quantitative estimate of drug-likeness (QED) is 0.458. The maximum atomic E-state index is 14.4. The second kappa shape index (κ2) is 9.66. The molecule has 10 heteroatoms. The Kier molecular flexibility index (Phi) is 6.60. The minimum absolute atomic E-state index is 0.0494. The molecule has 0 radical (unpaired) electrons. The fourth-order valence-electron chi connectivity index (χ4n) is 5.66. The number of halogens is 1. The standard InChI is InChI=1S/C29H33FN6O3/c1-15(2)26(30)16(3)33-28(39)23-10-29(6)11-24(29)36(23)25(38)14-35-22-8-7-19(20-12-31-18(5)32-13-20)9-21(22)27(34-35)17(4)37/h7-9,12-13,16,23-24H,10-11,14H2,1-6H3,(H,33,39)/t16-,23-,24+,29-/m0/s1. The Bertz CT molecular complexity index is 1520. The molecule has 2 fully saturated rings. The van der Waals surface area contributed by atoms with E-state index < -0.39 is 12.1 Å². The number of carbonyl (C=O) groups excluding carboxylic acids is 3. The molecule has 9 nitrogen and oxygen atoms in total. The van der Waals surface area contributed by atoms with E-state index in [1.165, 1.54) is 11.6 Å². The number of nitrogens with one attached hydrogen (secondary N) is 1. The number of rotatable bonds is 7. The Morgan fingerprint density at radius 3 is 2.46 bits per heavy atom. The molecular formula is C29H33FN6O3. The third-order valence-electron chi connectivity index (χ3n) is 7.93. The normalized spacial score (nSPS) is 22.4. The third-order valence-corrected chi connectivity index (χ3v) is 7.93. The number of nitrogens with zero attached hydrogens (tertiary/aromatic N) is 5. The Morgan fingerprint density at radius 1 is 1.13 bits per heavy atom. The summed E-state index contributed by atoms with van der Waals surface area (Å²) in [6.45, 7) is 10.1. The molecule has 1 N–H and O–H groups in total. The number of benzene rings is 1. The number of aromatic nitrogens is 4. The van der Waals surface area contributed by atoms with Crippen LogP contribution in [0.5, 0.6) is 0 Å². The van der Waals surface area contributed by atoms with Crippen LogP contribution in [0.2, 0.25) is 0 Å². The summed E-state index contributed by atoms with van der Waals surface area (Å²) in [5.41, 5.74) is 2.92. The first-order valence-corrected chi connectivity index (χ1v) is 13.1. The predicted molar refractivity (Wildman–Crippen MR) is 144 cm³/mol. The SMILES string of the molecule is CC(=O)c1nn(CC(=O)N2[C@H](C(=O)N[C@@H](C)C(F)=C(C)C)C[C@@]3(C)C[C@@H]23)c2ccc(-c3cnc(C)nc3)cc12. The third kappa shape index (κ3) is 4.84. The first kappa shape index (κ1) is 26.6. The highest BCUT2D eigenvalue weighted by atomic mass is 19.1. The number of ketones is 1. The van der Waals surface area contributed by atoms with Crippen molar-refractivity contribution in [2.45, 2.75) is 79.1 Å². The van der Waals surface area contributed by atoms with Crippen LogP contribution in [0.1, 0.15) is 63.8 Å². The zero-order valence-corrected chi connectivity index (χ0v) is 23.1. The first-order chi connectivity index (χ1) is 18.4. The van der Waals surface area contributed by atoms with Gasteiger partial charge in [0.25, 0.3) is 0 Å². The average Bonchev–Trinajstić information content (AvgIpc) is 3.25. The average molecular weight is 533 g/mol. The second-order valence-electron chi connectivity index (χ2n) is 11.3. The van der Waals surface area contributed by atoms with E-state index in [1.54, 1.807) is 38.1 Å². The Labute approximate surface area is 226 Å². The van der Waals surface area contributed by atoms with Gasteiger partial charge >= 0.3 is 0 Å². The molecule has 2 aromatic heterocycles. The smallest absolute Gasteiger partial charge is 0.245 e. The lowest BCUT2D eigenvalue weighted by Gasteiger charge is -2.28. The number of allylic oxidation sites excluding steroid dienone is 1. The van der Waals surface area contributed by atoms with Crippen molar-refractivity contribution < 1.29 is 18.8 Å². The monoisotopic (exact) mass is 532 g/mol. The first-order valence-electron chi connectivity index (χ1n) is 13.1. The van der Waals surface area contributed by atoms with Gasteiger partial charge in [0.1, 0.15) is 29.9 Å². The van der Waals surface area contributed by atoms with Crippen molar-refractivity contribution in [2.75, 3.05) is 0 Å². The lowest BCUT2D eigenvalue weighted by Crippen LogP contribution is -2.50. The molecule has 1 saturated heterocycles. The zero-order chi connectivity index (χ0) is 28.2. The van der Waals surface area contributed by atoms with E-state index in [9.17, 15) is 18.8 Å². The van der Waals surface area contributed by atoms with Gasteiger partial charge in [-0.2, -0.15) is 5.10 Å². The number of Topliss-reactive ketones (excluding diaryl/α,β-unsaturated/α-hetero) is 1. The van der Waals surface area contributed by atoms with Gasteiger partial charge in [-0.3, -0.25) is 19.1 Å². The number of fused-ring (bicyclic) bond motifs is 2. The van der Waals surface area contributed by atoms with Gasteiger partial charge in [-0.15, -0.1) is 0 Å². The molecule has 1 saturated carbocycles. The van der Waals surface area contributed by atoms with Gasteiger partial charge in [0.2, 0.25) is 11.8 Å². The maximum absolute atomic E-state index is 14.4. The van der Waals surface area contributed by atoms with Crippen LogP contribution in [0.4, 0.5) is 4.39 Å². The van der Waals surface area contributed by atoms with Crippen molar-refractivity contribution in [3.63, 3.8) is 0 Å². The summed E-state index contributed by atoms with van der Waals surface area (Å²) < 4.78 is 15.9. The summed E-state index contributed by atoms with van der Waals surface area (Å²) in [6, 6.07) is 4.06. The largest absolute Gasteiger partial charge is 0.345 e. The lowest BCUT2D eigenvalue weighted by molar-refractivity contribution is -0.140. The molecule has 4 atom stereocenters. The number of aryl methyl sites for hydroxylation is 1. The number of hydrogen-bond donors (Lipinski definition) is 1. The van der Waals surface area contributed by atoms with Crippen LogP contribution in [0.3, 0.4) is 0 Å². The molecule has 1 aliphatic heterocycles. The van der Waals surface area contributed by atoms with Crippen LogP contribution in [0.15, 0.2) is 42.0 Å². The number of piperidine rings is 1. The highest BCUT2D eigenvalue weighted by Crippen LogP contribution is 2.59. The van der Waals surface area contributed by atoms with Crippen molar-refractivity contribution in [2.24, 2.45) is 5.41 Å². The summed E-state index contributed by atoms with van der Waals surface area (Å²) in [6.07, 6.45) is 4.79. The summed E-state index contributed by atoms with van der Waals surface area (Å²) in [7, 11) is 0. The molecule has 2 aliphatic rings. The minimum atomic E-state index is -0.773. The van der Waals surface area contributed by atoms with Gasteiger partial charge in [-0.1, -0.05) is 13.0 Å². The predicted octanol–water partition coefficient (Wildman–Crippen LogP) is 4.15. The Balaban J connectivity index is 1.42. The second-order valence-corrected chi connectivity index (χ2v) is 11.3. The summed E-state index contributed by atoms with van der Waals surface area (Å²) in [5, 5.41) is 7.87. The van der Waals surface area contributed by atoms with Crippen molar-refractivity contribution in [3.05, 3.63) is 53.5 Å². The maximum Gasteiger partial charge on any atom is 0.245 e. The molecule has 1 aliphatic carbocycles. The minimum Gasteiger partial charge on any atom is -0.345 e. The topological polar surface area (TPSA) is 110 Å². The van der Waals surface area contributed by atoms with Gasteiger partial charge in [0.15, 0.2) is 5.78 Å². The molecule has 1 aromatic carbocycles. The van der Waals surface area contributed by atoms with Gasteiger partial charge < -0.3 is 10.2 Å². The highest BCUT2D eigenvalue weighted by molar-refractivity contribution is 6.06. The number of likely N-dealkylation sites (tertiary alicyclic amines) is 1. The Morgan fingerprint density at radius 2 is 1.82 bits per heavy atom. The van der Waals surface area contributed by atoms with Gasteiger partial charge in [0.05, 0.1) is 11.6 Å². The Hall–Kier alpha value is -3.95. The van der Waals surface area contributed by atoms with Gasteiger partial charge in [-0.25, -0.2) is 14.4 Å². The number of amides is 2. The molecule has 0 bridgehead atoms. The highest BCUT2D eigenvalue weighted by Gasteiger charge is 2.64. The fourth-order valence-corrected chi connectivity index (χ4v) is 5.66. The summed E-state index contributed by atoms with van der Waals surface area (Å²) in [4.78, 5) is 49.5. The molecule has 3 heterocycles. The van der Waals surface area contributed by atoms with Gasteiger partial charge in [-0.05, 0) is 69.2 Å². The van der Waals surface area contributed by atoms with Crippen LogP contribution in [0.25, 0.3) is 22.0 Å². The molecule has 2 amide bonds. The van der Waals surface area contributed by atoms with Gasteiger partial charge in [0, 0.05) is 36.3 Å². The fraction of sp³-hybridized carbons (Fsp3) is 0.448. The van der Waals surface area contributed by atoms with E-state index in [1.807, 2.05) is 25.1 Å². The van der Waals surface area contributed by atoms with Crippen LogP contribution in [-0.2, 0) is 16.1 Å². The number of hydrogen-bond acceptors (Lipinski definition) is 6. The van der Waals surface area contributed by atoms with Crippen molar-refractivity contribution in [1.29, 1.82) is 0 Å². The van der Waals surface area contributed by atoms with E-state index >= 15 is 0 Å². The van der Waals surface area contributed by atoms with E-state index in [0.29, 0.717) is 28.7 Å². The number of carbonyl (C=O) groups is 3. The lowest BCUT2D eigenvalue weighted by atomic mass is 10.0. The molecule has 204 valence electrons. The van der Waals surface area contributed by atoms with Crippen molar-refractivity contribution in [3.8, 4) is 11.1 Å². The molecule has 5 rings (SSSR count). The summed E-state index contributed by atoms with van der Waals surface area (Å²) >= 11 is 0. The van der Waals surface area contributed by atoms with Crippen molar-refractivity contribution in [1.82, 2.24) is 30.0 Å². The molecule has 3 aromatic rings. The van der Waals surface area contributed by atoms with Crippen LogP contribution in [-0.4, -0.2) is 60.4 Å². The van der Waals surface area contributed by atoms with Crippen LogP contribution in [0, 0.1) is 12.3 Å². The zero-order valence-electron chi connectivity index (χ0n) is 23.1. The van der Waals surface area contributed by atoms with E-state index in [2.05, 4.69) is 27.3 Å². The van der Waals surface area contributed by atoms with Crippen LogP contribution >= 0.6 is 0 Å². The van der Waals surface area contributed by atoms with Crippen LogP contribution < -0.4 is 5.32 Å².